The van der Waals surface area contributed by atoms with Crippen molar-refractivity contribution in [2.75, 3.05) is 50.9 Å². The average Bonchev–Trinajstić information content (AvgIpc) is 3.54. The number of piperazine rings is 1. The summed E-state index contributed by atoms with van der Waals surface area (Å²) in [6.07, 6.45) is -1.46. The molecule has 0 saturated carbocycles. The molecule has 3 fully saturated rings. The minimum Gasteiger partial charge on any atom is -0.378 e. The number of alkyl halides is 2. The Labute approximate surface area is 216 Å². The van der Waals surface area contributed by atoms with Crippen LogP contribution < -0.4 is 9.62 Å². The van der Waals surface area contributed by atoms with E-state index in [9.17, 15) is 17.2 Å². The highest BCUT2D eigenvalue weighted by Crippen LogP contribution is 2.35. The van der Waals surface area contributed by atoms with Gasteiger partial charge >= 0.3 is 0 Å². The molecule has 0 amide bonds. The Balaban J connectivity index is 1.45. The van der Waals surface area contributed by atoms with Crippen molar-refractivity contribution >= 4 is 32.7 Å². The van der Waals surface area contributed by atoms with Gasteiger partial charge in [-0.25, -0.2) is 26.9 Å². The first-order chi connectivity index (χ1) is 17.6. The number of imidazole rings is 1. The minimum absolute atomic E-state index is 0.0537. The average molecular weight is 556 g/mol. The van der Waals surface area contributed by atoms with Gasteiger partial charge in [0.05, 0.1) is 47.9 Å². The van der Waals surface area contributed by atoms with E-state index in [1.807, 2.05) is 6.92 Å². The summed E-state index contributed by atoms with van der Waals surface area (Å²) in [5, 5.41) is 7.27. The molecule has 3 aromatic heterocycles. The maximum atomic E-state index is 13.6. The van der Waals surface area contributed by atoms with Crippen LogP contribution in [0.5, 0.6) is 0 Å². The summed E-state index contributed by atoms with van der Waals surface area (Å²) in [7, 11) is -3.96. The van der Waals surface area contributed by atoms with Gasteiger partial charge in [0.25, 0.3) is 6.43 Å². The Hall–Kier alpha value is -2.30. The molecule has 6 rings (SSSR count). The van der Waals surface area contributed by atoms with E-state index in [4.69, 9.17) is 9.47 Å². The molecule has 37 heavy (non-hydrogen) atoms. The summed E-state index contributed by atoms with van der Waals surface area (Å²) in [4.78, 5) is 8.99. The number of hydrogen-bond acceptors (Lipinski definition) is 10. The summed E-state index contributed by atoms with van der Waals surface area (Å²) in [5.74, 6) is 0.642. The Bertz CT molecular complexity index is 1430. The van der Waals surface area contributed by atoms with E-state index >= 15 is 0 Å². The summed E-state index contributed by atoms with van der Waals surface area (Å²) in [5.41, 5.74) is 0.0131. The number of ether oxygens (including phenoxy) is 2. The molecular formula is C22H27F2N7O4S2. The van der Waals surface area contributed by atoms with E-state index < -0.39 is 27.0 Å². The smallest absolute Gasteiger partial charge is 0.291 e. The summed E-state index contributed by atoms with van der Waals surface area (Å²) in [6.45, 7) is 8.21. The van der Waals surface area contributed by atoms with E-state index in [0.29, 0.717) is 43.3 Å². The summed E-state index contributed by atoms with van der Waals surface area (Å²) >= 11 is 0.740. The lowest BCUT2D eigenvalue weighted by atomic mass is 9.93. The molecule has 0 spiro atoms. The standard InChI is InChI=1S/C22H27F2N7O4S2/c1-13-22(2,11-35-13)28-37(32,33)15-7-16-18(20-26-27-21(36-20)19(23)24)25-12-31(16)17(8-15)30-4-3-29-5-6-34-10-14(29)9-30/h7-8,12-14,19,28H,3-6,9-11H2,1-2H3/t13?,14-,22?/m1/s1. The van der Waals surface area contributed by atoms with Crippen molar-refractivity contribution in [1.82, 2.24) is 29.2 Å². The number of rotatable bonds is 6. The largest absolute Gasteiger partial charge is 0.378 e. The Morgan fingerprint density at radius 1 is 1.24 bits per heavy atom. The number of hydrogen-bond donors (Lipinski definition) is 1. The zero-order valence-corrected chi connectivity index (χ0v) is 21.9. The normalized spacial score (nSPS) is 27.0. The molecule has 0 bridgehead atoms. The van der Waals surface area contributed by atoms with Gasteiger partial charge in [0.2, 0.25) is 10.0 Å². The van der Waals surface area contributed by atoms with Gasteiger partial charge in [0.15, 0.2) is 10.0 Å². The van der Waals surface area contributed by atoms with E-state index in [-0.39, 0.29) is 28.7 Å². The summed E-state index contributed by atoms with van der Waals surface area (Å²) in [6, 6.07) is 3.33. The highest BCUT2D eigenvalue weighted by atomic mass is 32.2. The quantitative estimate of drug-likeness (QED) is 0.486. The van der Waals surface area contributed by atoms with Crippen LogP contribution in [0.3, 0.4) is 0 Å². The van der Waals surface area contributed by atoms with Crippen LogP contribution in [0.15, 0.2) is 23.4 Å². The van der Waals surface area contributed by atoms with Crippen LogP contribution in [0.1, 0.15) is 25.3 Å². The number of anilines is 1. The molecule has 3 aromatic rings. The lowest BCUT2D eigenvalue weighted by Gasteiger charge is -2.45. The van der Waals surface area contributed by atoms with Crippen LogP contribution in [0.25, 0.3) is 16.2 Å². The zero-order valence-electron chi connectivity index (χ0n) is 20.3. The van der Waals surface area contributed by atoms with E-state index in [2.05, 4.69) is 29.7 Å². The molecule has 6 heterocycles. The van der Waals surface area contributed by atoms with Crippen LogP contribution in [0, 0.1) is 0 Å². The fourth-order valence-electron chi connectivity index (χ4n) is 4.97. The number of pyridine rings is 1. The maximum Gasteiger partial charge on any atom is 0.291 e. The van der Waals surface area contributed by atoms with Gasteiger partial charge in [0, 0.05) is 26.2 Å². The third kappa shape index (κ3) is 4.40. The van der Waals surface area contributed by atoms with Crippen LogP contribution >= 0.6 is 11.3 Å². The van der Waals surface area contributed by atoms with Crippen molar-refractivity contribution in [2.45, 2.75) is 42.9 Å². The molecule has 11 nitrogen and oxygen atoms in total. The number of nitrogens with zero attached hydrogens (tertiary/aromatic N) is 6. The highest BCUT2D eigenvalue weighted by Gasteiger charge is 2.45. The van der Waals surface area contributed by atoms with Gasteiger partial charge in [-0.05, 0) is 26.0 Å². The van der Waals surface area contributed by atoms with Gasteiger partial charge in [-0.2, -0.15) is 0 Å². The molecule has 3 aliphatic rings. The fraction of sp³-hybridized carbons (Fsp3) is 0.591. The number of fused-ring (bicyclic) bond motifs is 2. The molecule has 200 valence electrons. The molecule has 3 aliphatic heterocycles. The third-order valence-electron chi connectivity index (χ3n) is 7.40. The van der Waals surface area contributed by atoms with Crippen molar-refractivity contribution in [3.8, 4) is 10.7 Å². The molecule has 0 aromatic carbocycles. The van der Waals surface area contributed by atoms with Gasteiger partial charge in [-0.15, -0.1) is 10.2 Å². The second kappa shape index (κ2) is 9.17. The van der Waals surface area contributed by atoms with E-state index in [1.54, 1.807) is 23.7 Å². The summed E-state index contributed by atoms with van der Waals surface area (Å²) < 4.78 is 69.2. The predicted octanol–water partition coefficient (Wildman–Crippen LogP) is 1.77. The maximum absolute atomic E-state index is 13.6. The van der Waals surface area contributed by atoms with Crippen molar-refractivity contribution in [3.63, 3.8) is 0 Å². The number of halogens is 2. The first-order valence-corrected chi connectivity index (χ1v) is 14.3. The first kappa shape index (κ1) is 25.0. The van der Waals surface area contributed by atoms with Gasteiger partial charge < -0.3 is 14.4 Å². The Kier molecular flexibility index (Phi) is 6.19. The Morgan fingerprint density at radius 3 is 2.78 bits per heavy atom. The molecule has 0 aliphatic carbocycles. The fourth-order valence-corrected chi connectivity index (χ4v) is 7.15. The minimum atomic E-state index is -3.96. The van der Waals surface area contributed by atoms with E-state index in [1.165, 1.54) is 6.07 Å². The SMILES string of the molecule is CC1OCC1(C)NS(=O)(=O)c1cc(N2CCN3CCOC[C@H]3C2)n2cnc(-c3nnc(C(F)F)s3)c2c1. The molecular weight excluding hydrogens is 528 g/mol. The van der Waals surface area contributed by atoms with Crippen molar-refractivity contribution < 1.29 is 26.7 Å². The van der Waals surface area contributed by atoms with Crippen LogP contribution in [0.4, 0.5) is 14.6 Å². The number of morpholine rings is 1. The zero-order chi connectivity index (χ0) is 25.9. The number of nitrogens with one attached hydrogen (secondary N) is 1. The van der Waals surface area contributed by atoms with Crippen LogP contribution in [0.2, 0.25) is 0 Å². The van der Waals surface area contributed by atoms with Crippen molar-refractivity contribution in [1.29, 1.82) is 0 Å². The topological polar surface area (TPSA) is 114 Å². The van der Waals surface area contributed by atoms with Crippen LogP contribution in [-0.4, -0.2) is 96.6 Å². The Morgan fingerprint density at radius 2 is 2.08 bits per heavy atom. The highest BCUT2D eigenvalue weighted by molar-refractivity contribution is 7.89. The second-order valence-electron chi connectivity index (χ2n) is 9.83. The lowest BCUT2D eigenvalue weighted by molar-refractivity contribution is -0.120. The second-order valence-corrected chi connectivity index (χ2v) is 12.5. The van der Waals surface area contributed by atoms with E-state index in [0.717, 1.165) is 24.4 Å². The molecule has 3 saturated heterocycles. The lowest BCUT2D eigenvalue weighted by Crippen LogP contribution is -2.65. The molecule has 2 unspecified atom stereocenters. The van der Waals surface area contributed by atoms with Crippen molar-refractivity contribution in [3.05, 3.63) is 23.5 Å². The molecule has 1 N–H and O–H groups in total. The number of sulfonamides is 1. The monoisotopic (exact) mass is 555 g/mol. The van der Waals surface area contributed by atoms with Gasteiger partial charge in [-0.1, -0.05) is 11.3 Å². The molecule has 0 radical (unpaired) electrons. The van der Waals surface area contributed by atoms with Gasteiger partial charge in [0.1, 0.15) is 17.8 Å². The number of aromatic nitrogens is 4. The van der Waals surface area contributed by atoms with Crippen molar-refractivity contribution in [2.24, 2.45) is 0 Å². The molecule has 15 heteroatoms. The predicted molar refractivity (Wildman–Crippen MR) is 132 cm³/mol. The van der Waals surface area contributed by atoms with Crippen LogP contribution in [-0.2, 0) is 19.5 Å². The van der Waals surface area contributed by atoms with Gasteiger partial charge in [-0.3, -0.25) is 9.30 Å². The molecule has 3 atom stereocenters. The first-order valence-electron chi connectivity index (χ1n) is 12.0. The third-order valence-corrected chi connectivity index (χ3v) is 9.93.